The van der Waals surface area contributed by atoms with Crippen molar-refractivity contribution in [3.63, 3.8) is 0 Å². The van der Waals surface area contributed by atoms with E-state index >= 15 is 0 Å². The molecule has 0 amide bonds. The molecule has 4 nitrogen and oxygen atoms in total. The number of H-pyrrole nitrogens is 1. The Kier molecular flexibility index (Phi) is 3.57. The molecule has 1 aromatic heterocycles. The maximum Gasteiger partial charge on any atom is 0.271 e. The second kappa shape index (κ2) is 4.96. The van der Waals surface area contributed by atoms with E-state index in [0.717, 1.165) is 0 Å². The minimum atomic E-state index is -0.171. The Morgan fingerprint density at radius 2 is 2.06 bits per heavy atom. The Bertz CT molecular complexity index is 589. The van der Waals surface area contributed by atoms with Gasteiger partial charge in [0.05, 0.1) is 28.0 Å². The molecule has 6 heteroatoms. The van der Waals surface area contributed by atoms with Gasteiger partial charge < -0.3 is 4.74 Å². The normalized spacial score (nSPS) is 10.8. The van der Waals surface area contributed by atoms with Crippen LogP contribution in [0.3, 0.4) is 0 Å². The third kappa shape index (κ3) is 2.54. The number of hydrogen-bond acceptors (Lipinski definition) is 2. The Morgan fingerprint density at radius 1 is 1.29 bits per heavy atom. The smallest absolute Gasteiger partial charge is 0.271 e. The number of hydrogen-bond donors (Lipinski definition) is 1. The molecule has 90 valence electrons. The van der Waals surface area contributed by atoms with Crippen LogP contribution in [-0.4, -0.2) is 16.9 Å². The van der Waals surface area contributed by atoms with Gasteiger partial charge in [-0.1, -0.05) is 23.2 Å². The highest BCUT2D eigenvalue weighted by Crippen LogP contribution is 2.23. The molecule has 0 aliphatic rings. The van der Waals surface area contributed by atoms with Crippen molar-refractivity contribution >= 4 is 23.2 Å². The van der Waals surface area contributed by atoms with E-state index in [9.17, 15) is 4.79 Å². The molecule has 2 rings (SSSR count). The van der Waals surface area contributed by atoms with Gasteiger partial charge in [-0.25, -0.2) is 4.68 Å². The monoisotopic (exact) mass is 272 g/mol. The maximum absolute atomic E-state index is 11.7. The van der Waals surface area contributed by atoms with Crippen LogP contribution in [0.25, 0.3) is 5.69 Å². The van der Waals surface area contributed by atoms with E-state index in [0.29, 0.717) is 28.0 Å². The standard InChI is InChI=1S/C11H10Cl2N2O2/c1-17-6-7-4-11(16)15(14-7)8-2-3-9(12)10(13)5-8/h2-5,14H,6H2,1H3. The first kappa shape index (κ1) is 12.2. The zero-order chi connectivity index (χ0) is 12.4. The van der Waals surface area contributed by atoms with Gasteiger partial charge in [0.15, 0.2) is 0 Å². The lowest BCUT2D eigenvalue weighted by atomic mass is 10.3. The first-order chi connectivity index (χ1) is 8.11. The van der Waals surface area contributed by atoms with Crippen LogP contribution >= 0.6 is 23.2 Å². The predicted octanol–water partition coefficient (Wildman–Crippen LogP) is 2.62. The fourth-order valence-electron chi connectivity index (χ4n) is 1.49. The van der Waals surface area contributed by atoms with Crippen LogP contribution in [0.15, 0.2) is 29.1 Å². The topological polar surface area (TPSA) is 47.0 Å². The summed E-state index contributed by atoms with van der Waals surface area (Å²) in [5, 5.41) is 3.78. The molecule has 0 spiro atoms. The molecule has 2 aromatic rings. The number of nitrogens with zero attached hydrogens (tertiary/aromatic N) is 1. The van der Waals surface area contributed by atoms with Gasteiger partial charge in [0.25, 0.3) is 5.56 Å². The second-order valence-electron chi connectivity index (χ2n) is 3.49. The van der Waals surface area contributed by atoms with E-state index in [2.05, 4.69) is 5.10 Å². The lowest BCUT2D eigenvalue weighted by Crippen LogP contribution is -2.13. The molecule has 0 saturated carbocycles. The summed E-state index contributed by atoms with van der Waals surface area (Å²) in [6.07, 6.45) is 0. The number of benzene rings is 1. The molecule has 1 aromatic carbocycles. The highest BCUT2D eigenvalue weighted by atomic mass is 35.5. The number of methoxy groups -OCH3 is 1. The minimum absolute atomic E-state index is 0.171. The maximum atomic E-state index is 11.7. The Balaban J connectivity index is 2.45. The number of halogens is 2. The van der Waals surface area contributed by atoms with Crippen molar-refractivity contribution in [1.82, 2.24) is 9.78 Å². The van der Waals surface area contributed by atoms with Crippen LogP contribution in [0.5, 0.6) is 0 Å². The van der Waals surface area contributed by atoms with Gasteiger partial charge in [0.2, 0.25) is 0 Å². The summed E-state index contributed by atoms with van der Waals surface area (Å²) >= 11 is 11.7. The van der Waals surface area contributed by atoms with Crippen LogP contribution in [0.4, 0.5) is 0 Å². The lowest BCUT2D eigenvalue weighted by Gasteiger charge is -2.03. The zero-order valence-corrected chi connectivity index (χ0v) is 10.5. The van der Waals surface area contributed by atoms with Gasteiger partial charge in [-0.2, -0.15) is 0 Å². The van der Waals surface area contributed by atoms with Crippen LogP contribution in [0, 0.1) is 0 Å². The molecule has 0 fully saturated rings. The van der Waals surface area contributed by atoms with Crippen LogP contribution in [0.2, 0.25) is 10.0 Å². The van der Waals surface area contributed by atoms with E-state index in [1.807, 2.05) is 0 Å². The zero-order valence-electron chi connectivity index (χ0n) is 9.04. The summed E-state index contributed by atoms with van der Waals surface area (Å²) in [6, 6.07) is 6.45. The molecular weight excluding hydrogens is 263 g/mol. The molecule has 0 saturated heterocycles. The van der Waals surface area contributed by atoms with Crippen molar-refractivity contribution in [3.8, 4) is 5.69 Å². The minimum Gasteiger partial charge on any atom is -0.378 e. The number of ether oxygens (including phenoxy) is 1. The molecule has 0 radical (unpaired) electrons. The van der Waals surface area contributed by atoms with Gasteiger partial charge in [-0.05, 0) is 18.2 Å². The second-order valence-corrected chi connectivity index (χ2v) is 4.30. The molecule has 0 aliphatic heterocycles. The van der Waals surface area contributed by atoms with Crippen LogP contribution in [0.1, 0.15) is 5.69 Å². The molecular formula is C11H10Cl2N2O2. The third-order valence-corrected chi connectivity index (χ3v) is 2.97. The number of nitrogens with one attached hydrogen (secondary N) is 1. The third-order valence-electron chi connectivity index (χ3n) is 2.23. The Hall–Kier alpha value is -1.23. The Labute approximate surface area is 108 Å². The molecule has 1 heterocycles. The van der Waals surface area contributed by atoms with Gasteiger partial charge in [-0.3, -0.25) is 9.89 Å². The first-order valence-corrected chi connectivity index (χ1v) is 5.62. The molecule has 0 aliphatic carbocycles. The highest BCUT2D eigenvalue weighted by molar-refractivity contribution is 6.42. The SMILES string of the molecule is COCc1cc(=O)n(-c2ccc(Cl)c(Cl)c2)[nH]1. The summed E-state index contributed by atoms with van der Waals surface area (Å²) in [6.45, 7) is 0.351. The predicted molar refractivity (Wildman–Crippen MR) is 67.1 cm³/mol. The number of aromatic amines is 1. The lowest BCUT2D eigenvalue weighted by molar-refractivity contribution is 0.181. The van der Waals surface area contributed by atoms with E-state index in [1.54, 1.807) is 25.3 Å². The average molecular weight is 273 g/mol. The van der Waals surface area contributed by atoms with Crippen LogP contribution < -0.4 is 5.56 Å². The van der Waals surface area contributed by atoms with Gasteiger partial charge >= 0.3 is 0 Å². The van der Waals surface area contributed by atoms with Crippen molar-refractivity contribution in [2.24, 2.45) is 0 Å². The molecule has 0 atom stereocenters. The van der Waals surface area contributed by atoms with Crippen molar-refractivity contribution in [3.05, 3.63) is 50.4 Å². The molecule has 0 unspecified atom stereocenters. The van der Waals surface area contributed by atoms with Gasteiger partial charge in [0.1, 0.15) is 0 Å². The molecule has 0 bridgehead atoms. The van der Waals surface area contributed by atoms with E-state index in [-0.39, 0.29) is 5.56 Å². The summed E-state index contributed by atoms with van der Waals surface area (Å²) in [7, 11) is 1.56. The van der Waals surface area contributed by atoms with Crippen molar-refractivity contribution < 1.29 is 4.74 Å². The Morgan fingerprint density at radius 3 is 2.71 bits per heavy atom. The summed E-state index contributed by atoms with van der Waals surface area (Å²) in [5.74, 6) is 0. The van der Waals surface area contributed by atoms with Gasteiger partial charge in [0, 0.05) is 13.2 Å². The van der Waals surface area contributed by atoms with Crippen LogP contribution in [-0.2, 0) is 11.3 Å². The highest BCUT2D eigenvalue weighted by Gasteiger charge is 2.06. The fourth-order valence-corrected chi connectivity index (χ4v) is 1.78. The largest absolute Gasteiger partial charge is 0.378 e. The first-order valence-electron chi connectivity index (χ1n) is 4.87. The average Bonchev–Trinajstić information content (AvgIpc) is 2.64. The number of rotatable bonds is 3. The summed E-state index contributed by atoms with van der Waals surface area (Å²) in [5.41, 5.74) is 1.16. The molecule has 1 N–H and O–H groups in total. The van der Waals surface area contributed by atoms with Crippen molar-refractivity contribution in [2.45, 2.75) is 6.61 Å². The van der Waals surface area contributed by atoms with E-state index in [4.69, 9.17) is 27.9 Å². The van der Waals surface area contributed by atoms with Crippen molar-refractivity contribution in [2.75, 3.05) is 7.11 Å². The van der Waals surface area contributed by atoms with Crippen molar-refractivity contribution in [1.29, 1.82) is 0 Å². The molecule has 17 heavy (non-hydrogen) atoms. The van der Waals surface area contributed by atoms with E-state index < -0.39 is 0 Å². The number of aromatic nitrogens is 2. The summed E-state index contributed by atoms with van der Waals surface area (Å²) in [4.78, 5) is 11.7. The fraction of sp³-hybridized carbons (Fsp3) is 0.182. The van der Waals surface area contributed by atoms with E-state index in [1.165, 1.54) is 10.7 Å². The summed E-state index contributed by atoms with van der Waals surface area (Å²) < 4.78 is 6.33. The van der Waals surface area contributed by atoms with Gasteiger partial charge in [-0.15, -0.1) is 0 Å². The quantitative estimate of drug-likeness (QED) is 0.934.